The van der Waals surface area contributed by atoms with Crippen LogP contribution in [0.5, 0.6) is 0 Å². The number of nitrogens with zero attached hydrogens (tertiary/aromatic N) is 12. The van der Waals surface area contributed by atoms with Crippen LogP contribution in [0, 0.1) is 45.4 Å². The highest BCUT2D eigenvalue weighted by Gasteiger charge is 2.53. The van der Waals surface area contributed by atoms with Gasteiger partial charge in [0.05, 0.1) is 115 Å². The van der Waals surface area contributed by atoms with Gasteiger partial charge in [-0.2, -0.15) is 0 Å². The van der Waals surface area contributed by atoms with E-state index >= 15 is 0 Å². The molecule has 6 N–H and O–H groups in total. The molecule has 13 atom stereocenters. The number of amides is 8. The highest BCUT2D eigenvalue weighted by Crippen LogP contribution is 2.40. The average Bonchev–Trinajstić information content (AvgIpc) is 1.61. The van der Waals surface area contributed by atoms with Gasteiger partial charge in [0.15, 0.2) is 17.3 Å². The van der Waals surface area contributed by atoms with Gasteiger partial charge in [-0.15, -0.1) is 34.0 Å². The second-order valence-corrected chi connectivity index (χ2v) is 43.1. The SMILES string of the molecule is CC(C)[C@@H](C(=O)N1C[C@H](O)C[C@H]1C(=O)NCc1ccc(-c2cnoc2)cc1)N1Cc2ccccc2C1=O.Cc1cc([C@@H](C)C(=O)N2C[C@H](O)C[C@H]2C(=O)CCc2ccc(-c3scnc3C)cc2)on1.Cc1ncsc1-c1ccc(CCC(=O)[C@@H]2C[C@@](C)(O)CN2C(=O)[C@H](C(C)C)N2Cc3ccccc3C2=O)cc1.Cc1ncsc1-c1ccc(CCC(=O)[C@@H]2[C@@H](O)[C@@H](O)CN2C(=O)[C@H](C(C)C)N2Cc3ccccc3C2=O)cc1. The van der Waals surface area contributed by atoms with Gasteiger partial charge >= 0.3 is 0 Å². The molecule has 0 saturated carbocycles. The molecule has 12 heterocycles. The first-order valence-electron chi connectivity index (χ1n) is 50.0. The minimum absolute atomic E-state index is 0.0294. The number of thiazole rings is 3. The van der Waals surface area contributed by atoms with E-state index in [0.29, 0.717) is 73.5 Å². The van der Waals surface area contributed by atoms with Crippen LogP contribution in [0.1, 0.15) is 198 Å². The molecule has 0 bridgehead atoms. The molecular weight excluding hydrogens is 1920 g/mol. The first-order valence-corrected chi connectivity index (χ1v) is 52.6. The Balaban J connectivity index is 0.000000140. The molecule has 5 aromatic heterocycles. The van der Waals surface area contributed by atoms with Crippen LogP contribution in [0.15, 0.2) is 214 Å². The number of nitrogens with one attached hydrogen (secondary N) is 1. The Morgan fingerprint density at radius 2 is 0.844 bits per heavy atom. The molecule has 12 aromatic rings. The Kier molecular flexibility index (Phi) is 33.4. The van der Waals surface area contributed by atoms with Crippen LogP contribution in [0.3, 0.4) is 0 Å². The van der Waals surface area contributed by atoms with E-state index in [0.717, 1.165) is 98.5 Å². The van der Waals surface area contributed by atoms with Gasteiger partial charge in [0, 0.05) is 106 Å². The monoisotopic (exact) mass is 2050 g/mol. The van der Waals surface area contributed by atoms with Crippen LogP contribution in [0.2, 0.25) is 0 Å². The maximum Gasteiger partial charge on any atom is 0.255 e. The summed E-state index contributed by atoms with van der Waals surface area (Å²) in [5.74, 6) is -3.19. The van der Waals surface area contributed by atoms with Crippen molar-refractivity contribution < 1.29 is 87.3 Å². The molecule has 0 unspecified atom stereocenters. The van der Waals surface area contributed by atoms with E-state index < -0.39 is 84.1 Å². The summed E-state index contributed by atoms with van der Waals surface area (Å²) in [5.41, 5.74) is 21.5. The van der Waals surface area contributed by atoms with Crippen molar-refractivity contribution in [1.82, 2.24) is 64.9 Å². The van der Waals surface area contributed by atoms with E-state index in [4.69, 9.17) is 9.05 Å². The Bertz CT molecular complexity index is 6690. The summed E-state index contributed by atoms with van der Waals surface area (Å²) >= 11 is 4.79. The molecule has 7 aromatic carbocycles. The van der Waals surface area contributed by atoms with Crippen molar-refractivity contribution >= 4 is 98.6 Å². The molecule has 768 valence electrons. The topological polar surface area (TPSA) is 414 Å². The molecule has 7 aliphatic heterocycles. The number of ketones is 3. The molecule has 0 aliphatic carbocycles. The van der Waals surface area contributed by atoms with Crippen molar-refractivity contribution in [1.29, 1.82) is 0 Å². The number of aliphatic hydroxyl groups is 5. The predicted octanol–water partition coefficient (Wildman–Crippen LogP) is 14.2. The number of fused-ring (bicyclic) bond motifs is 3. The number of aryl methyl sites for hydroxylation is 7. The van der Waals surface area contributed by atoms with E-state index in [2.05, 4.69) is 54.8 Å². The maximum atomic E-state index is 14.0. The normalized spacial score (nSPS) is 20.6. The number of aromatic nitrogens is 5. The number of aliphatic hydroxyl groups excluding tert-OH is 4. The number of Topliss-reactive ketones (excluding diaryl/α,β-unsaturated/α-hetero) is 3. The summed E-state index contributed by atoms with van der Waals surface area (Å²) in [7, 11) is 0. The zero-order valence-electron chi connectivity index (χ0n) is 84.4. The van der Waals surface area contributed by atoms with Crippen molar-refractivity contribution in [2.45, 2.75) is 245 Å². The van der Waals surface area contributed by atoms with Crippen molar-refractivity contribution in [3.8, 4) is 42.4 Å². The summed E-state index contributed by atoms with van der Waals surface area (Å²) in [5, 5.41) is 63.1. The number of β-amino-alcohol motifs (C(OH)–C–C–N with tert-alkyl or cyclic N) is 4. The molecule has 4 fully saturated rings. The smallest absolute Gasteiger partial charge is 0.255 e. The van der Waals surface area contributed by atoms with Crippen LogP contribution < -0.4 is 5.32 Å². The number of rotatable bonds is 30. The number of likely N-dealkylation sites (tertiary alicyclic amines) is 4. The van der Waals surface area contributed by atoms with E-state index in [9.17, 15) is 78.3 Å². The molecule has 4 saturated heterocycles. The van der Waals surface area contributed by atoms with E-state index in [1.807, 2.05) is 200 Å². The Hall–Kier alpha value is -13.6. The van der Waals surface area contributed by atoms with Gasteiger partial charge in [-0.1, -0.05) is 204 Å². The number of hydrogen-bond donors (Lipinski definition) is 6. The number of carbonyl (C=O) groups excluding carboxylic acids is 11. The van der Waals surface area contributed by atoms with Gasteiger partial charge in [0.2, 0.25) is 29.5 Å². The minimum Gasteiger partial charge on any atom is -0.391 e. The molecule has 0 spiro atoms. The van der Waals surface area contributed by atoms with Crippen molar-refractivity contribution in [2.24, 2.45) is 17.8 Å². The van der Waals surface area contributed by atoms with E-state index in [1.165, 1.54) is 19.6 Å². The fraction of sp³-hybridized carbons (Fsp3) is 0.398. The zero-order chi connectivity index (χ0) is 105. The second kappa shape index (κ2) is 46.2. The summed E-state index contributed by atoms with van der Waals surface area (Å²) in [4.78, 5) is 174. The predicted molar refractivity (Wildman–Crippen MR) is 556 cm³/mol. The zero-order valence-corrected chi connectivity index (χ0v) is 86.9. The van der Waals surface area contributed by atoms with Gasteiger partial charge < -0.3 is 74.2 Å². The lowest BCUT2D eigenvalue weighted by atomic mass is 9.96. The Labute approximate surface area is 866 Å². The van der Waals surface area contributed by atoms with Gasteiger partial charge in [0.1, 0.15) is 48.3 Å². The van der Waals surface area contributed by atoms with Crippen LogP contribution in [-0.2, 0) is 83.8 Å². The summed E-state index contributed by atoms with van der Waals surface area (Å²) < 4.78 is 10.1. The lowest BCUT2D eigenvalue weighted by Crippen LogP contribution is -2.55. The summed E-state index contributed by atoms with van der Waals surface area (Å²) in [6.45, 7) is 23.9. The lowest BCUT2D eigenvalue weighted by molar-refractivity contribution is -0.144. The summed E-state index contributed by atoms with van der Waals surface area (Å²) in [6.07, 6.45) is 1.98. The molecule has 19 rings (SSSR count). The number of hydrogen-bond acceptors (Lipinski definition) is 26. The van der Waals surface area contributed by atoms with Gasteiger partial charge in [0.25, 0.3) is 17.7 Å². The first-order chi connectivity index (χ1) is 70.4. The molecule has 34 heteroatoms. The van der Waals surface area contributed by atoms with Crippen LogP contribution in [-0.4, -0.2) is 248 Å². The maximum absolute atomic E-state index is 14.0. The fourth-order valence-corrected chi connectivity index (χ4v) is 23.4. The third-order valence-electron chi connectivity index (χ3n) is 28.7. The number of carbonyl (C=O) groups is 11. The lowest BCUT2D eigenvalue weighted by Gasteiger charge is -2.35. The Morgan fingerprint density at radius 3 is 1.24 bits per heavy atom. The molecule has 147 heavy (non-hydrogen) atoms. The standard InChI is InChI=1S/C31H35N3O4S.C30H33N3O5S.C28H30N4O5.C24H27N3O4S/c1-19(2)27(33-16-23-7-5-6-8-24(23)29(33)36)30(37)34-17-31(4,38)15-25(34)26(35)14-11-21-9-12-22(13-10-21)28-20(3)32-18-39-28;1-17(2)25(32-14-21-6-4-5-7-22(21)29(32)37)30(38)33-15-24(35)27(36)26(33)23(34)13-10-19-8-11-20(12-9-19)28-18(3)31-16-39-28;1-17(2)25(32-14-20-5-3-4-6-23(20)27(32)35)28(36)31-15-22(33)11-24(31)26(34)29-12-18-7-9-19(10-8-18)21-13-30-37-16-21;1-14-10-22(31-26-14)15(2)24(30)27-12-19(28)11-20(27)21(29)9-6-17-4-7-18(8-5-17)23-16(3)25-13-32-23/h5-10,12-13,18-19,25,27,38H,11,14-17H2,1-4H3;4-9,11-12,16-17,24-27,35-36H,10,13-15H2,1-3H3;3-10,13,16-17,22,24-25,33H,11-12,14-15H2,1-2H3,(H,29,34);4-5,7-8,10,13,15,19-20,28H,6,9,11-12H2,1-3H3/t25-,27-,31+;24-,25-,26+,27-;22-,24+,25+;15-,19-,20+/m0011/s1. The van der Waals surface area contributed by atoms with Crippen molar-refractivity contribution in [3.05, 3.63) is 289 Å². The molecule has 7 aliphatic rings. The third-order valence-corrected chi connectivity index (χ3v) is 31.7. The number of benzene rings is 7. The molecule has 8 amide bonds. The van der Waals surface area contributed by atoms with E-state index in [1.54, 1.807) is 112 Å². The van der Waals surface area contributed by atoms with Crippen molar-refractivity contribution in [3.63, 3.8) is 0 Å². The van der Waals surface area contributed by atoms with Gasteiger partial charge in [-0.05, 0) is 158 Å². The van der Waals surface area contributed by atoms with Crippen LogP contribution in [0.25, 0.3) is 42.4 Å². The largest absolute Gasteiger partial charge is 0.391 e. The fourth-order valence-electron chi connectivity index (χ4n) is 20.9. The molecule has 31 nitrogen and oxygen atoms in total. The third kappa shape index (κ3) is 23.8. The van der Waals surface area contributed by atoms with E-state index in [-0.39, 0.29) is 141 Å². The average molecular weight is 2050 g/mol. The van der Waals surface area contributed by atoms with Gasteiger partial charge in [-0.3, -0.25) is 52.7 Å². The quantitative estimate of drug-likeness (QED) is 0.0243. The highest BCUT2D eigenvalue weighted by molar-refractivity contribution is 7.14. The van der Waals surface area contributed by atoms with Gasteiger partial charge in [-0.25, -0.2) is 15.0 Å². The summed E-state index contributed by atoms with van der Waals surface area (Å²) in [6, 6.07) is 50.1. The molecular formula is C113H125N13O18S3. The highest BCUT2D eigenvalue weighted by atomic mass is 32.1. The first kappa shape index (κ1) is 106. The Morgan fingerprint density at radius 1 is 0.456 bits per heavy atom. The molecule has 0 radical (unpaired) electrons. The van der Waals surface area contributed by atoms with Crippen LogP contribution >= 0.6 is 34.0 Å². The minimum atomic E-state index is -1.38. The van der Waals surface area contributed by atoms with Crippen LogP contribution in [0.4, 0.5) is 0 Å². The second-order valence-electron chi connectivity index (χ2n) is 40.5. The van der Waals surface area contributed by atoms with Crippen molar-refractivity contribution in [2.75, 3.05) is 26.2 Å².